The first kappa shape index (κ1) is 9.95. The van der Waals surface area contributed by atoms with Gasteiger partial charge in [-0.05, 0) is 13.8 Å². The van der Waals surface area contributed by atoms with Crippen LogP contribution in [0.1, 0.15) is 13.8 Å². The highest BCUT2D eigenvalue weighted by atomic mass is 32.2. The predicted octanol–water partition coefficient (Wildman–Crippen LogP) is 0.0568. The van der Waals surface area contributed by atoms with Gasteiger partial charge in [0.2, 0.25) is 10.0 Å². The van der Waals surface area contributed by atoms with Gasteiger partial charge in [-0.25, -0.2) is 8.42 Å². The van der Waals surface area contributed by atoms with Crippen LogP contribution in [0.15, 0.2) is 0 Å². The molecule has 0 N–H and O–H groups in total. The van der Waals surface area contributed by atoms with Crippen molar-refractivity contribution in [3.63, 3.8) is 0 Å². The number of sulfonamides is 1. The Morgan fingerprint density at radius 2 is 2.25 bits per heavy atom. The number of hydrogen-bond donors (Lipinski definition) is 0. The third-order valence-electron chi connectivity index (χ3n) is 2.03. The molecule has 4 nitrogen and oxygen atoms in total. The quantitative estimate of drug-likeness (QED) is 0.623. The second-order valence-corrected chi connectivity index (χ2v) is 5.15. The van der Waals surface area contributed by atoms with Gasteiger partial charge in [0.1, 0.15) is 0 Å². The SMILES string of the molecule is CCS(=O)(=O)N1CCOC[C@H]1C. The molecule has 5 heteroatoms. The van der Waals surface area contributed by atoms with Crippen molar-refractivity contribution in [1.29, 1.82) is 0 Å². The van der Waals surface area contributed by atoms with Gasteiger partial charge >= 0.3 is 0 Å². The van der Waals surface area contributed by atoms with E-state index in [1.807, 2.05) is 6.92 Å². The van der Waals surface area contributed by atoms with E-state index in [4.69, 9.17) is 4.74 Å². The van der Waals surface area contributed by atoms with Gasteiger partial charge < -0.3 is 4.74 Å². The molecular formula is C7H15NO3S. The van der Waals surface area contributed by atoms with Crippen molar-refractivity contribution >= 4 is 10.0 Å². The molecule has 0 aromatic carbocycles. The van der Waals surface area contributed by atoms with Crippen molar-refractivity contribution < 1.29 is 13.2 Å². The normalized spacial score (nSPS) is 27.3. The topological polar surface area (TPSA) is 46.6 Å². The summed E-state index contributed by atoms with van der Waals surface area (Å²) in [5, 5.41) is 0. The summed E-state index contributed by atoms with van der Waals surface area (Å²) < 4.78 is 29.5. The van der Waals surface area contributed by atoms with Crippen molar-refractivity contribution in [3.05, 3.63) is 0 Å². The largest absolute Gasteiger partial charge is 0.378 e. The maximum absolute atomic E-state index is 11.4. The fourth-order valence-electron chi connectivity index (χ4n) is 1.29. The first-order valence-electron chi connectivity index (χ1n) is 4.15. The predicted molar refractivity (Wildman–Crippen MR) is 46.4 cm³/mol. The van der Waals surface area contributed by atoms with Crippen molar-refractivity contribution in [1.82, 2.24) is 4.31 Å². The molecule has 0 unspecified atom stereocenters. The summed E-state index contributed by atoms with van der Waals surface area (Å²) in [4.78, 5) is 0. The zero-order valence-electron chi connectivity index (χ0n) is 7.49. The van der Waals surface area contributed by atoms with Crippen LogP contribution in [0.5, 0.6) is 0 Å². The molecule has 72 valence electrons. The van der Waals surface area contributed by atoms with Crippen LogP contribution in [0.4, 0.5) is 0 Å². The number of ether oxygens (including phenoxy) is 1. The van der Waals surface area contributed by atoms with E-state index in [0.717, 1.165) is 0 Å². The lowest BCUT2D eigenvalue weighted by Gasteiger charge is -2.31. The first-order chi connectivity index (χ1) is 5.58. The molecule has 0 bridgehead atoms. The van der Waals surface area contributed by atoms with Crippen molar-refractivity contribution in [2.24, 2.45) is 0 Å². The number of nitrogens with zero attached hydrogens (tertiary/aromatic N) is 1. The number of rotatable bonds is 2. The Morgan fingerprint density at radius 3 is 2.75 bits per heavy atom. The fraction of sp³-hybridized carbons (Fsp3) is 1.00. The van der Waals surface area contributed by atoms with E-state index in [9.17, 15) is 8.42 Å². The molecule has 0 spiro atoms. The molecule has 1 aliphatic heterocycles. The smallest absolute Gasteiger partial charge is 0.214 e. The van der Waals surface area contributed by atoms with Crippen molar-refractivity contribution in [2.75, 3.05) is 25.5 Å². The van der Waals surface area contributed by atoms with Gasteiger partial charge in [-0.2, -0.15) is 4.31 Å². The molecule has 1 atom stereocenters. The minimum atomic E-state index is -3.02. The first-order valence-corrected chi connectivity index (χ1v) is 5.76. The average molecular weight is 193 g/mol. The van der Waals surface area contributed by atoms with E-state index in [-0.39, 0.29) is 11.8 Å². The van der Waals surface area contributed by atoms with Gasteiger partial charge in [-0.1, -0.05) is 0 Å². The maximum Gasteiger partial charge on any atom is 0.214 e. The summed E-state index contributed by atoms with van der Waals surface area (Å²) in [7, 11) is -3.02. The Morgan fingerprint density at radius 1 is 1.58 bits per heavy atom. The van der Waals surface area contributed by atoms with Crippen LogP contribution < -0.4 is 0 Å². The lowest BCUT2D eigenvalue weighted by Crippen LogP contribution is -2.47. The molecule has 0 saturated carbocycles. The van der Waals surface area contributed by atoms with Crippen LogP contribution in [0, 0.1) is 0 Å². The molecule has 0 aromatic heterocycles. The van der Waals surface area contributed by atoms with Crippen LogP contribution in [0.25, 0.3) is 0 Å². The minimum Gasteiger partial charge on any atom is -0.378 e. The summed E-state index contributed by atoms with van der Waals surface area (Å²) in [6.07, 6.45) is 0. The Balaban J connectivity index is 2.72. The second kappa shape index (κ2) is 3.72. The summed E-state index contributed by atoms with van der Waals surface area (Å²) in [5.41, 5.74) is 0. The molecular weight excluding hydrogens is 178 g/mol. The fourth-order valence-corrected chi connectivity index (χ4v) is 2.58. The maximum atomic E-state index is 11.4. The van der Waals surface area contributed by atoms with Crippen molar-refractivity contribution in [2.45, 2.75) is 19.9 Å². The highest BCUT2D eigenvalue weighted by Gasteiger charge is 2.28. The van der Waals surface area contributed by atoms with E-state index < -0.39 is 10.0 Å². The molecule has 0 radical (unpaired) electrons. The van der Waals surface area contributed by atoms with Gasteiger partial charge in [-0.3, -0.25) is 0 Å². The monoisotopic (exact) mass is 193 g/mol. The number of hydrogen-bond acceptors (Lipinski definition) is 3. The third-order valence-corrected chi connectivity index (χ3v) is 4.02. The summed E-state index contributed by atoms with van der Waals surface area (Å²) in [5.74, 6) is 0.178. The highest BCUT2D eigenvalue weighted by Crippen LogP contribution is 2.11. The Kier molecular flexibility index (Phi) is 3.09. The second-order valence-electron chi connectivity index (χ2n) is 2.94. The third kappa shape index (κ3) is 1.97. The molecule has 1 rings (SSSR count). The molecule has 0 amide bonds. The summed E-state index contributed by atoms with van der Waals surface area (Å²) >= 11 is 0. The van der Waals surface area contributed by atoms with Gasteiger partial charge in [0.15, 0.2) is 0 Å². The summed E-state index contributed by atoms with van der Waals surface area (Å²) in [6, 6.07) is -0.0105. The Bertz CT molecular complexity index is 237. The Hall–Kier alpha value is -0.130. The molecule has 1 aliphatic rings. The lowest BCUT2D eigenvalue weighted by atomic mass is 10.3. The minimum absolute atomic E-state index is 0.0105. The van der Waals surface area contributed by atoms with Crippen molar-refractivity contribution in [3.8, 4) is 0 Å². The van der Waals surface area contributed by atoms with Crippen LogP contribution in [-0.4, -0.2) is 44.3 Å². The highest BCUT2D eigenvalue weighted by molar-refractivity contribution is 7.89. The molecule has 0 aliphatic carbocycles. The van der Waals surface area contributed by atoms with Crippen LogP contribution in [0.3, 0.4) is 0 Å². The van der Waals surface area contributed by atoms with E-state index in [2.05, 4.69) is 0 Å². The molecule has 12 heavy (non-hydrogen) atoms. The standard InChI is InChI=1S/C7H15NO3S/c1-3-12(9,10)8-4-5-11-6-7(8)2/h7H,3-6H2,1-2H3/t7-/m1/s1. The summed E-state index contributed by atoms with van der Waals surface area (Å²) in [6.45, 7) is 5.06. The molecule has 1 heterocycles. The lowest BCUT2D eigenvalue weighted by molar-refractivity contribution is 0.0393. The molecule has 1 saturated heterocycles. The zero-order valence-corrected chi connectivity index (χ0v) is 8.30. The van der Waals surface area contributed by atoms with Crippen LogP contribution in [-0.2, 0) is 14.8 Å². The number of morpholine rings is 1. The van der Waals surface area contributed by atoms with Crippen LogP contribution in [0.2, 0.25) is 0 Å². The van der Waals surface area contributed by atoms with E-state index in [1.165, 1.54) is 4.31 Å². The molecule has 1 fully saturated rings. The van der Waals surface area contributed by atoms with Gasteiger partial charge in [0.25, 0.3) is 0 Å². The van der Waals surface area contributed by atoms with Crippen LogP contribution >= 0.6 is 0 Å². The van der Waals surface area contributed by atoms with Gasteiger partial charge in [0.05, 0.1) is 19.0 Å². The van der Waals surface area contributed by atoms with Gasteiger partial charge in [0, 0.05) is 12.6 Å². The van der Waals surface area contributed by atoms with E-state index >= 15 is 0 Å². The Labute approximate surface area is 73.6 Å². The van der Waals surface area contributed by atoms with Gasteiger partial charge in [-0.15, -0.1) is 0 Å². The zero-order chi connectivity index (χ0) is 9.19. The molecule has 0 aromatic rings. The average Bonchev–Trinajstić information content (AvgIpc) is 2.05. The van der Waals surface area contributed by atoms with E-state index in [0.29, 0.717) is 19.8 Å². The van der Waals surface area contributed by atoms with E-state index in [1.54, 1.807) is 6.92 Å².